The maximum atomic E-state index is 12.9. The lowest BCUT2D eigenvalue weighted by atomic mass is 9.95. The second kappa shape index (κ2) is 9.91. The first-order chi connectivity index (χ1) is 13.8. The molecule has 1 atom stereocenters. The van der Waals surface area contributed by atoms with Gasteiger partial charge in [0.05, 0.1) is 24.2 Å². The Labute approximate surface area is 171 Å². The summed E-state index contributed by atoms with van der Waals surface area (Å²) < 4.78 is 11.3. The molecule has 0 heterocycles. The number of nitro groups is 1. The average molecular weight is 400 g/mol. The molecule has 0 saturated heterocycles. The molecule has 7 heteroatoms. The number of benzene rings is 2. The lowest BCUT2D eigenvalue weighted by Crippen LogP contribution is -2.32. The van der Waals surface area contributed by atoms with Gasteiger partial charge >= 0.3 is 0 Å². The Hall–Kier alpha value is -3.09. The molecule has 0 aliphatic carbocycles. The third-order valence-corrected chi connectivity index (χ3v) is 4.54. The fourth-order valence-electron chi connectivity index (χ4n) is 3.20. The van der Waals surface area contributed by atoms with Crippen LogP contribution in [0, 0.1) is 23.0 Å². The molecule has 1 N–H and O–H groups in total. The van der Waals surface area contributed by atoms with Crippen LogP contribution >= 0.6 is 0 Å². The molecule has 0 fully saturated rings. The van der Waals surface area contributed by atoms with Crippen molar-refractivity contribution in [1.82, 2.24) is 5.32 Å². The minimum absolute atomic E-state index is 0.0511. The van der Waals surface area contributed by atoms with Crippen LogP contribution in [-0.2, 0) is 0 Å². The zero-order valence-electron chi connectivity index (χ0n) is 17.5. The molecule has 29 heavy (non-hydrogen) atoms. The summed E-state index contributed by atoms with van der Waals surface area (Å²) in [5.74, 6) is 0.815. The number of nitrogens with one attached hydrogen (secondary N) is 1. The molecular weight excluding hydrogens is 372 g/mol. The number of aryl methyl sites for hydroxylation is 1. The molecule has 7 nitrogen and oxygen atoms in total. The van der Waals surface area contributed by atoms with E-state index in [9.17, 15) is 14.9 Å². The van der Waals surface area contributed by atoms with Gasteiger partial charge in [0.1, 0.15) is 5.56 Å². The van der Waals surface area contributed by atoms with Gasteiger partial charge in [0.25, 0.3) is 11.6 Å². The molecule has 2 rings (SSSR count). The van der Waals surface area contributed by atoms with Gasteiger partial charge in [-0.2, -0.15) is 0 Å². The van der Waals surface area contributed by atoms with Crippen molar-refractivity contribution in [3.8, 4) is 11.5 Å². The molecule has 0 bridgehead atoms. The van der Waals surface area contributed by atoms with E-state index in [1.807, 2.05) is 45.9 Å². The van der Waals surface area contributed by atoms with Crippen molar-refractivity contribution in [2.75, 3.05) is 13.2 Å². The summed E-state index contributed by atoms with van der Waals surface area (Å²) in [6.07, 6.45) is 0. The zero-order chi connectivity index (χ0) is 21.6. The average Bonchev–Trinajstić information content (AvgIpc) is 2.67. The second-order valence-electron chi connectivity index (χ2n) is 7.00. The first-order valence-electron chi connectivity index (χ1n) is 9.74. The number of amides is 1. The molecule has 1 amide bonds. The highest BCUT2D eigenvalue weighted by atomic mass is 16.6. The van der Waals surface area contributed by atoms with E-state index < -0.39 is 10.8 Å². The fourth-order valence-corrected chi connectivity index (χ4v) is 3.20. The van der Waals surface area contributed by atoms with Gasteiger partial charge in [-0.05, 0) is 50.5 Å². The van der Waals surface area contributed by atoms with E-state index in [1.165, 1.54) is 6.07 Å². The molecule has 0 aliphatic rings. The van der Waals surface area contributed by atoms with Gasteiger partial charge in [-0.3, -0.25) is 14.9 Å². The van der Waals surface area contributed by atoms with Crippen LogP contribution in [0.4, 0.5) is 5.69 Å². The third kappa shape index (κ3) is 5.25. The third-order valence-electron chi connectivity index (χ3n) is 4.54. The van der Waals surface area contributed by atoms with Crippen LogP contribution in [0.15, 0.2) is 36.4 Å². The molecule has 156 valence electrons. The Morgan fingerprint density at radius 2 is 1.76 bits per heavy atom. The molecular formula is C22H28N2O5. The molecule has 0 aliphatic heterocycles. The molecule has 0 saturated carbocycles. The van der Waals surface area contributed by atoms with Crippen LogP contribution < -0.4 is 14.8 Å². The summed E-state index contributed by atoms with van der Waals surface area (Å²) in [4.78, 5) is 23.9. The van der Waals surface area contributed by atoms with Crippen molar-refractivity contribution >= 4 is 11.6 Å². The van der Waals surface area contributed by atoms with Crippen molar-refractivity contribution in [3.05, 3.63) is 63.2 Å². The predicted octanol–water partition coefficient (Wildman–Crippen LogP) is 4.83. The Kier molecular flexibility index (Phi) is 7.59. The Morgan fingerprint density at radius 1 is 1.10 bits per heavy atom. The Bertz CT molecular complexity index is 880. The summed E-state index contributed by atoms with van der Waals surface area (Å²) in [7, 11) is 0. The van der Waals surface area contributed by atoms with Crippen LogP contribution in [0.5, 0.6) is 11.5 Å². The van der Waals surface area contributed by atoms with E-state index in [4.69, 9.17) is 9.47 Å². The van der Waals surface area contributed by atoms with Gasteiger partial charge in [0, 0.05) is 5.56 Å². The SMILES string of the molecule is CCOc1ccc(C(NC(=O)c2cccc(C)c2[N+](=O)[O-])C(C)C)cc1OCC. The summed E-state index contributed by atoms with van der Waals surface area (Å²) in [5, 5.41) is 14.4. The number of rotatable bonds is 9. The lowest BCUT2D eigenvalue weighted by Gasteiger charge is -2.24. The number of carbonyl (C=O) groups excluding carboxylic acids is 1. The highest BCUT2D eigenvalue weighted by molar-refractivity contribution is 5.98. The van der Waals surface area contributed by atoms with Crippen molar-refractivity contribution in [2.45, 2.75) is 40.7 Å². The second-order valence-corrected chi connectivity index (χ2v) is 7.00. The molecule has 0 spiro atoms. The van der Waals surface area contributed by atoms with Crippen molar-refractivity contribution < 1.29 is 19.2 Å². The van der Waals surface area contributed by atoms with Crippen molar-refractivity contribution in [2.24, 2.45) is 5.92 Å². The molecule has 2 aromatic carbocycles. The van der Waals surface area contributed by atoms with Crippen LogP contribution in [0.3, 0.4) is 0 Å². The van der Waals surface area contributed by atoms with Crippen molar-refractivity contribution in [3.63, 3.8) is 0 Å². The van der Waals surface area contributed by atoms with Crippen LogP contribution in [0.2, 0.25) is 0 Å². The summed E-state index contributed by atoms with van der Waals surface area (Å²) in [6.45, 7) is 10.4. The van der Waals surface area contributed by atoms with Crippen LogP contribution in [-0.4, -0.2) is 24.0 Å². The van der Waals surface area contributed by atoms with Gasteiger partial charge in [-0.25, -0.2) is 0 Å². The largest absolute Gasteiger partial charge is 0.490 e. The minimum Gasteiger partial charge on any atom is -0.490 e. The van der Waals surface area contributed by atoms with E-state index in [0.717, 1.165) is 5.56 Å². The van der Waals surface area contributed by atoms with Gasteiger partial charge in [0.2, 0.25) is 0 Å². The Balaban J connectivity index is 2.39. The summed E-state index contributed by atoms with van der Waals surface area (Å²) in [5.41, 5.74) is 1.17. The fraction of sp³-hybridized carbons (Fsp3) is 0.409. The minimum atomic E-state index is -0.515. The van der Waals surface area contributed by atoms with Gasteiger partial charge < -0.3 is 14.8 Å². The monoisotopic (exact) mass is 400 g/mol. The number of ether oxygens (including phenoxy) is 2. The normalized spacial score (nSPS) is 11.8. The van der Waals surface area contributed by atoms with E-state index >= 15 is 0 Å². The first-order valence-corrected chi connectivity index (χ1v) is 9.74. The van der Waals surface area contributed by atoms with Gasteiger partial charge in [-0.1, -0.05) is 32.0 Å². The van der Waals surface area contributed by atoms with E-state index in [2.05, 4.69) is 5.32 Å². The number of para-hydroxylation sites is 1. The molecule has 1 unspecified atom stereocenters. The zero-order valence-corrected chi connectivity index (χ0v) is 17.5. The van der Waals surface area contributed by atoms with Crippen LogP contribution in [0.1, 0.15) is 55.2 Å². The number of nitro benzene ring substituents is 1. The highest BCUT2D eigenvalue weighted by Gasteiger charge is 2.26. The molecule has 0 aromatic heterocycles. The lowest BCUT2D eigenvalue weighted by molar-refractivity contribution is -0.385. The number of nitrogens with zero attached hydrogens (tertiary/aromatic N) is 1. The highest BCUT2D eigenvalue weighted by Crippen LogP contribution is 2.33. The summed E-state index contributed by atoms with van der Waals surface area (Å²) >= 11 is 0. The van der Waals surface area contributed by atoms with E-state index in [1.54, 1.807) is 19.1 Å². The number of hydrogen-bond donors (Lipinski definition) is 1. The standard InChI is InChI=1S/C22H28N2O5/c1-6-28-18-12-11-16(13-19(18)29-7-2)20(14(3)4)23-22(25)17-10-8-9-15(5)21(17)24(26)27/h8-14,20H,6-7H2,1-5H3,(H,23,25). The maximum absolute atomic E-state index is 12.9. The molecule has 2 aromatic rings. The van der Waals surface area contributed by atoms with Gasteiger partial charge in [-0.15, -0.1) is 0 Å². The van der Waals surface area contributed by atoms with Gasteiger partial charge in [0.15, 0.2) is 11.5 Å². The summed E-state index contributed by atoms with van der Waals surface area (Å²) in [6, 6.07) is 9.94. The smallest absolute Gasteiger partial charge is 0.285 e. The van der Waals surface area contributed by atoms with Crippen molar-refractivity contribution in [1.29, 1.82) is 0 Å². The predicted molar refractivity (Wildman–Crippen MR) is 112 cm³/mol. The maximum Gasteiger partial charge on any atom is 0.285 e. The number of hydrogen-bond acceptors (Lipinski definition) is 5. The van der Waals surface area contributed by atoms with E-state index in [0.29, 0.717) is 30.3 Å². The first kappa shape index (κ1) is 22.2. The van der Waals surface area contributed by atoms with E-state index in [-0.39, 0.29) is 23.2 Å². The van der Waals surface area contributed by atoms with Crippen LogP contribution in [0.25, 0.3) is 0 Å². The Morgan fingerprint density at radius 3 is 2.34 bits per heavy atom. The molecule has 0 radical (unpaired) electrons. The topological polar surface area (TPSA) is 90.7 Å². The quantitative estimate of drug-likeness (QED) is 0.481. The number of carbonyl (C=O) groups is 1.